The Morgan fingerprint density at radius 2 is 1.65 bits per heavy atom. The smallest absolute Gasteiger partial charge is 0.344 e. The molecular formula is C12H12F2O3. The third-order valence-corrected chi connectivity index (χ3v) is 2.62. The van der Waals surface area contributed by atoms with Crippen molar-refractivity contribution in [3.8, 4) is 0 Å². The van der Waals surface area contributed by atoms with E-state index in [1.54, 1.807) is 6.07 Å². The summed E-state index contributed by atoms with van der Waals surface area (Å²) in [6.07, 6.45) is 0. The summed E-state index contributed by atoms with van der Waals surface area (Å²) in [5, 5.41) is 9.43. The van der Waals surface area contributed by atoms with Gasteiger partial charge in [-0.3, -0.25) is 9.59 Å². The number of carbonyl (C=O) groups excluding carboxylic acids is 2. The first-order valence-corrected chi connectivity index (χ1v) is 4.92. The molecule has 1 atom stereocenters. The van der Waals surface area contributed by atoms with E-state index in [-0.39, 0.29) is 5.56 Å². The van der Waals surface area contributed by atoms with Crippen molar-refractivity contribution in [2.75, 3.05) is 0 Å². The zero-order valence-electron chi connectivity index (χ0n) is 9.41. The largest absolute Gasteiger partial charge is 0.376 e. The van der Waals surface area contributed by atoms with Crippen LogP contribution in [0.15, 0.2) is 30.3 Å². The van der Waals surface area contributed by atoms with Crippen LogP contribution in [0.25, 0.3) is 0 Å². The van der Waals surface area contributed by atoms with Crippen molar-refractivity contribution in [2.45, 2.75) is 25.4 Å². The number of rotatable bonds is 4. The SMILES string of the molecule is CC(=O)C(C)(O)C(F)(F)C(=O)c1ccccc1. The van der Waals surface area contributed by atoms with Gasteiger partial charge in [0.25, 0.3) is 0 Å². The van der Waals surface area contributed by atoms with Crippen LogP contribution in [0.2, 0.25) is 0 Å². The van der Waals surface area contributed by atoms with Crippen LogP contribution in [-0.2, 0) is 4.79 Å². The van der Waals surface area contributed by atoms with Crippen LogP contribution in [0.1, 0.15) is 24.2 Å². The van der Waals surface area contributed by atoms with Crippen molar-refractivity contribution in [2.24, 2.45) is 0 Å². The van der Waals surface area contributed by atoms with Gasteiger partial charge in [-0.25, -0.2) is 0 Å². The van der Waals surface area contributed by atoms with E-state index in [9.17, 15) is 23.5 Å². The van der Waals surface area contributed by atoms with Crippen molar-refractivity contribution >= 4 is 11.6 Å². The van der Waals surface area contributed by atoms with E-state index in [0.717, 1.165) is 6.92 Å². The monoisotopic (exact) mass is 242 g/mol. The Bertz CT molecular complexity index is 438. The molecule has 0 saturated heterocycles. The van der Waals surface area contributed by atoms with Crippen molar-refractivity contribution < 1.29 is 23.5 Å². The van der Waals surface area contributed by atoms with Gasteiger partial charge in [-0.2, -0.15) is 8.78 Å². The lowest BCUT2D eigenvalue weighted by Gasteiger charge is -2.28. The van der Waals surface area contributed by atoms with Crippen LogP contribution >= 0.6 is 0 Å². The predicted molar refractivity (Wildman–Crippen MR) is 57.0 cm³/mol. The lowest BCUT2D eigenvalue weighted by molar-refractivity contribution is -0.166. The molecule has 0 bridgehead atoms. The summed E-state index contributed by atoms with van der Waals surface area (Å²) in [4.78, 5) is 22.5. The number of alkyl halides is 2. The minimum Gasteiger partial charge on any atom is -0.376 e. The fraction of sp³-hybridized carbons (Fsp3) is 0.333. The molecule has 5 heteroatoms. The summed E-state index contributed by atoms with van der Waals surface area (Å²) in [5.74, 6) is -6.88. The normalized spacial score (nSPS) is 15.1. The van der Waals surface area contributed by atoms with E-state index >= 15 is 0 Å². The van der Waals surface area contributed by atoms with Crippen LogP contribution in [-0.4, -0.2) is 28.2 Å². The van der Waals surface area contributed by atoms with Crippen molar-refractivity contribution in [1.82, 2.24) is 0 Å². The van der Waals surface area contributed by atoms with Crippen LogP contribution < -0.4 is 0 Å². The highest BCUT2D eigenvalue weighted by molar-refractivity contribution is 6.06. The van der Waals surface area contributed by atoms with Gasteiger partial charge in [-0.15, -0.1) is 0 Å². The van der Waals surface area contributed by atoms with E-state index in [0.29, 0.717) is 6.92 Å². The summed E-state index contributed by atoms with van der Waals surface area (Å²) in [5.41, 5.74) is -3.25. The first kappa shape index (κ1) is 13.4. The Hall–Kier alpha value is -1.62. The summed E-state index contributed by atoms with van der Waals surface area (Å²) < 4.78 is 27.4. The van der Waals surface area contributed by atoms with Crippen molar-refractivity contribution in [1.29, 1.82) is 0 Å². The zero-order valence-corrected chi connectivity index (χ0v) is 9.41. The van der Waals surface area contributed by atoms with Crippen LogP contribution in [0.3, 0.4) is 0 Å². The fourth-order valence-corrected chi connectivity index (χ4v) is 1.21. The molecule has 17 heavy (non-hydrogen) atoms. The summed E-state index contributed by atoms with van der Waals surface area (Å²) >= 11 is 0. The van der Waals surface area contributed by atoms with E-state index in [1.165, 1.54) is 24.3 Å². The van der Waals surface area contributed by atoms with Gasteiger partial charge in [0.1, 0.15) is 0 Å². The molecule has 0 amide bonds. The van der Waals surface area contributed by atoms with Crippen molar-refractivity contribution in [3.63, 3.8) is 0 Å². The second kappa shape index (κ2) is 4.33. The number of hydrogen-bond acceptors (Lipinski definition) is 3. The number of ketones is 2. The van der Waals surface area contributed by atoms with E-state index in [2.05, 4.69) is 0 Å². The first-order valence-electron chi connectivity index (χ1n) is 4.92. The molecule has 0 spiro atoms. The third kappa shape index (κ3) is 2.24. The van der Waals surface area contributed by atoms with Gasteiger partial charge in [0.05, 0.1) is 0 Å². The van der Waals surface area contributed by atoms with Gasteiger partial charge < -0.3 is 5.11 Å². The zero-order chi connectivity index (χ0) is 13.3. The molecule has 0 saturated carbocycles. The van der Waals surface area contributed by atoms with Gasteiger partial charge in [-0.1, -0.05) is 30.3 Å². The Kier molecular flexibility index (Phi) is 3.43. The number of carbonyl (C=O) groups is 2. The maximum absolute atomic E-state index is 13.7. The molecule has 0 radical (unpaired) electrons. The highest BCUT2D eigenvalue weighted by Gasteiger charge is 2.58. The second-order valence-corrected chi connectivity index (χ2v) is 3.90. The third-order valence-electron chi connectivity index (χ3n) is 2.62. The van der Waals surface area contributed by atoms with Gasteiger partial charge in [-0.05, 0) is 13.8 Å². The molecule has 1 aromatic rings. The Morgan fingerprint density at radius 3 is 2.06 bits per heavy atom. The molecule has 0 fully saturated rings. The molecule has 1 N–H and O–H groups in total. The Morgan fingerprint density at radius 1 is 1.18 bits per heavy atom. The molecule has 0 aliphatic heterocycles. The summed E-state index contributed by atoms with van der Waals surface area (Å²) in [6.45, 7) is 1.45. The molecule has 0 aliphatic carbocycles. The molecule has 1 rings (SSSR count). The second-order valence-electron chi connectivity index (χ2n) is 3.90. The van der Waals surface area contributed by atoms with Crippen LogP contribution in [0, 0.1) is 0 Å². The standard InChI is InChI=1S/C12H12F2O3/c1-8(15)11(2,17)12(13,14)10(16)9-6-4-3-5-7-9/h3-7,17H,1-2H3. The van der Waals surface area contributed by atoms with Gasteiger partial charge >= 0.3 is 5.92 Å². The summed E-state index contributed by atoms with van der Waals surface area (Å²) in [7, 11) is 0. The highest BCUT2D eigenvalue weighted by Crippen LogP contribution is 2.32. The van der Waals surface area contributed by atoms with Gasteiger partial charge in [0, 0.05) is 5.56 Å². The number of hydrogen-bond donors (Lipinski definition) is 1. The van der Waals surface area contributed by atoms with Gasteiger partial charge in [0.2, 0.25) is 5.78 Å². The minimum absolute atomic E-state index is 0.251. The molecule has 92 valence electrons. The van der Waals surface area contributed by atoms with Crippen molar-refractivity contribution in [3.05, 3.63) is 35.9 Å². The van der Waals surface area contributed by atoms with E-state index in [1.807, 2.05) is 0 Å². The van der Waals surface area contributed by atoms with E-state index in [4.69, 9.17) is 0 Å². The Labute approximate surface area is 97.1 Å². The maximum Gasteiger partial charge on any atom is 0.344 e. The molecule has 0 aliphatic rings. The van der Waals surface area contributed by atoms with Crippen LogP contribution in [0.5, 0.6) is 0 Å². The topological polar surface area (TPSA) is 54.4 Å². The molecule has 1 aromatic carbocycles. The average molecular weight is 242 g/mol. The number of aliphatic hydroxyl groups is 1. The highest BCUT2D eigenvalue weighted by atomic mass is 19.3. The number of benzene rings is 1. The fourth-order valence-electron chi connectivity index (χ4n) is 1.21. The first-order chi connectivity index (χ1) is 7.71. The predicted octanol–water partition coefficient (Wildman–Crippen LogP) is 1.84. The minimum atomic E-state index is -4.15. The average Bonchev–Trinajstić information content (AvgIpc) is 2.28. The maximum atomic E-state index is 13.7. The quantitative estimate of drug-likeness (QED) is 0.820. The Balaban J connectivity index is 3.16. The summed E-state index contributed by atoms with van der Waals surface area (Å²) in [6, 6.07) is 6.81. The molecule has 0 heterocycles. The molecule has 3 nitrogen and oxygen atoms in total. The van der Waals surface area contributed by atoms with Crippen LogP contribution in [0.4, 0.5) is 8.78 Å². The lowest BCUT2D eigenvalue weighted by atomic mass is 9.88. The lowest BCUT2D eigenvalue weighted by Crippen LogP contribution is -2.55. The number of Topliss-reactive ketones (excluding diaryl/α,β-unsaturated/α-hetero) is 2. The van der Waals surface area contributed by atoms with Gasteiger partial charge in [0.15, 0.2) is 11.4 Å². The molecule has 1 unspecified atom stereocenters. The number of halogens is 2. The molecular weight excluding hydrogens is 230 g/mol. The van der Waals surface area contributed by atoms with E-state index < -0.39 is 23.1 Å². The molecule has 0 aromatic heterocycles.